The second kappa shape index (κ2) is 9.31. The van der Waals surface area contributed by atoms with Crippen LogP contribution in [0.5, 0.6) is 5.75 Å². The summed E-state index contributed by atoms with van der Waals surface area (Å²) in [5.74, 6) is -0.484. The molecule has 8 heteroatoms. The fourth-order valence-corrected chi connectivity index (χ4v) is 4.26. The van der Waals surface area contributed by atoms with Crippen LogP contribution in [0.3, 0.4) is 0 Å². The molecule has 0 bridgehead atoms. The van der Waals surface area contributed by atoms with E-state index in [4.69, 9.17) is 27.9 Å². The van der Waals surface area contributed by atoms with Crippen molar-refractivity contribution in [3.63, 3.8) is 0 Å². The van der Waals surface area contributed by atoms with E-state index in [0.717, 1.165) is 15.6 Å². The molecule has 31 heavy (non-hydrogen) atoms. The third-order valence-corrected chi connectivity index (χ3v) is 6.20. The van der Waals surface area contributed by atoms with Crippen molar-refractivity contribution in [2.24, 2.45) is 5.10 Å². The zero-order valence-corrected chi connectivity index (χ0v) is 18.2. The van der Waals surface area contributed by atoms with Crippen LogP contribution in [-0.4, -0.2) is 18.1 Å². The fourth-order valence-electron chi connectivity index (χ4n) is 2.75. The molecular formula is C23H14Cl2N2O3S. The van der Waals surface area contributed by atoms with E-state index < -0.39 is 5.97 Å². The predicted octanol–water partition coefficient (Wildman–Crippen LogP) is 6.19. The number of rotatable bonds is 5. The summed E-state index contributed by atoms with van der Waals surface area (Å²) in [7, 11) is 0. The highest BCUT2D eigenvalue weighted by Gasteiger charge is 2.18. The van der Waals surface area contributed by atoms with Gasteiger partial charge < -0.3 is 4.74 Å². The van der Waals surface area contributed by atoms with E-state index in [-0.39, 0.29) is 5.91 Å². The Labute approximate surface area is 191 Å². The number of carbonyl (C=O) groups excluding carboxylic acids is 2. The number of hydrogen-bond acceptors (Lipinski definition) is 5. The molecule has 1 aromatic heterocycles. The summed E-state index contributed by atoms with van der Waals surface area (Å²) in [4.78, 5) is 24.9. The lowest BCUT2D eigenvalue weighted by Crippen LogP contribution is -2.17. The van der Waals surface area contributed by atoms with E-state index in [2.05, 4.69) is 10.5 Å². The third kappa shape index (κ3) is 4.94. The summed E-state index contributed by atoms with van der Waals surface area (Å²) >= 11 is 13.4. The molecule has 0 atom stereocenters. The standard InChI is InChI=1S/C23H14Cl2N2O3S/c24-16-9-7-15(8-10-16)22(28)27-26-13-14-5-11-17(12-6-14)30-23(29)21-20(25)18-3-1-2-4-19(18)31-21/h1-13H,(H,27,28)/b26-13-. The molecule has 0 aliphatic carbocycles. The fraction of sp³-hybridized carbons (Fsp3) is 0. The van der Waals surface area contributed by atoms with Gasteiger partial charge in [0.2, 0.25) is 0 Å². The molecule has 0 saturated heterocycles. The molecule has 4 rings (SSSR count). The Bertz CT molecular complexity index is 1280. The lowest BCUT2D eigenvalue weighted by atomic mass is 10.2. The molecule has 1 heterocycles. The highest BCUT2D eigenvalue weighted by molar-refractivity contribution is 7.21. The van der Waals surface area contributed by atoms with Gasteiger partial charge in [-0.3, -0.25) is 4.79 Å². The molecule has 0 spiro atoms. The number of nitrogens with one attached hydrogen (secondary N) is 1. The molecule has 0 saturated carbocycles. The Morgan fingerprint density at radius 1 is 0.935 bits per heavy atom. The van der Waals surface area contributed by atoms with E-state index in [1.165, 1.54) is 17.6 Å². The predicted molar refractivity (Wildman–Crippen MR) is 125 cm³/mol. The van der Waals surface area contributed by atoms with Crippen LogP contribution in [0.2, 0.25) is 10.0 Å². The van der Waals surface area contributed by atoms with Crippen molar-refractivity contribution >= 4 is 62.7 Å². The maximum atomic E-state index is 12.5. The van der Waals surface area contributed by atoms with Crippen LogP contribution in [-0.2, 0) is 0 Å². The lowest BCUT2D eigenvalue weighted by molar-refractivity contribution is 0.0739. The van der Waals surface area contributed by atoms with Crippen LogP contribution in [0.25, 0.3) is 10.1 Å². The number of esters is 1. The van der Waals surface area contributed by atoms with Gasteiger partial charge in [0.1, 0.15) is 10.6 Å². The summed E-state index contributed by atoms with van der Waals surface area (Å²) in [5.41, 5.74) is 3.61. The van der Waals surface area contributed by atoms with Gasteiger partial charge in [-0.15, -0.1) is 11.3 Å². The Morgan fingerprint density at radius 3 is 2.35 bits per heavy atom. The van der Waals surface area contributed by atoms with Gasteiger partial charge in [-0.05, 0) is 60.2 Å². The monoisotopic (exact) mass is 468 g/mol. The van der Waals surface area contributed by atoms with E-state index in [0.29, 0.717) is 26.2 Å². The zero-order chi connectivity index (χ0) is 21.8. The van der Waals surface area contributed by atoms with Crippen molar-refractivity contribution in [1.29, 1.82) is 0 Å². The highest BCUT2D eigenvalue weighted by Crippen LogP contribution is 2.35. The number of ether oxygens (including phenoxy) is 1. The molecule has 1 amide bonds. The van der Waals surface area contributed by atoms with Crippen LogP contribution in [0, 0.1) is 0 Å². The van der Waals surface area contributed by atoms with Crippen LogP contribution < -0.4 is 10.2 Å². The maximum absolute atomic E-state index is 12.5. The molecular weight excluding hydrogens is 455 g/mol. The molecule has 4 aromatic rings. The van der Waals surface area contributed by atoms with Gasteiger partial charge in [-0.1, -0.05) is 41.4 Å². The number of hydrogen-bond donors (Lipinski definition) is 1. The number of benzene rings is 3. The first kappa shape index (κ1) is 21.1. The summed E-state index contributed by atoms with van der Waals surface area (Å²) in [6.45, 7) is 0. The summed E-state index contributed by atoms with van der Waals surface area (Å²) in [6.07, 6.45) is 1.49. The minimum absolute atomic E-state index is 0.348. The lowest BCUT2D eigenvalue weighted by Gasteiger charge is -2.03. The van der Waals surface area contributed by atoms with Crippen molar-refractivity contribution < 1.29 is 14.3 Å². The number of halogens is 2. The minimum Gasteiger partial charge on any atom is -0.422 e. The molecule has 0 unspecified atom stereocenters. The largest absolute Gasteiger partial charge is 0.422 e. The third-order valence-electron chi connectivity index (χ3n) is 4.30. The van der Waals surface area contributed by atoms with Gasteiger partial charge in [-0.2, -0.15) is 5.10 Å². The van der Waals surface area contributed by atoms with Crippen LogP contribution in [0.4, 0.5) is 0 Å². The smallest absolute Gasteiger partial charge is 0.355 e. The van der Waals surface area contributed by atoms with Gasteiger partial charge in [0, 0.05) is 20.7 Å². The van der Waals surface area contributed by atoms with Crippen LogP contribution in [0.1, 0.15) is 25.6 Å². The zero-order valence-electron chi connectivity index (χ0n) is 15.8. The van der Waals surface area contributed by atoms with Gasteiger partial charge in [-0.25, -0.2) is 10.2 Å². The van der Waals surface area contributed by atoms with Gasteiger partial charge >= 0.3 is 5.97 Å². The summed E-state index contributed by atoms with van der Waals surface area (Å²) < 4.78 is 6.36. The molecule has 0 radical (unpaired) electrons. The van der Waals surface area contributed by atoms with Crippen LogP contribution >= 0.6 is 34.5 Å². The average Bonchev–Trinajstić information content (AvgIpc) is 3.12. The van der Waals surface area contributed by atoms with E-state index in [9.17, 15) is 9.59 Å². The summed E-state index contributed by atoms with van der Waals surface area (Å²) in [5, 5.41) is 5.71. The van der Waals surface area contributed by atoms with Crippen LogP contribution in [0.15, 0.2) is 77.9 Å². The maximum Gasteiger partial charge on any atom is 0.355 e. The topological polar surface area (TPSA) is 67.8 Å². The van der Waals surface area contributed by atoms with E-state index >= 15 is 0 Å². The molecule has 5 nitrogen and oxygen atoms in total. The SMILES string of the molecule is O=C(N/N=C\c1ccc(OC(=O)c2sc3ccccc3c2Cl)cc1)c1ccc(Cl)cc1. The second-order valence-electron chi connectivity index (χ2n) is 6.41. The number of hydrazone groups is 1. The van der Waals surface area contributed by atoms with Crippen molar-refractivity contribution in [1.82, 2.24) is 5.43 Å². The molecule has 0 aliphatic rings. The number of nitrogens with zero attached hydrogens (tertiary/aromatic N) is 1. The van der Waals surface area contributed by atoms with E-state index in [1.54, 1.807) is 48.5 Å². The molecule has 154 valence electrons. The van der Waals surface area contributed by atoms with Gasteiger partial charge in [0.05, 0.1) is 11.2 Å². The molecule has 0 fully saturated rings. The van der Waals surface area contributed by atoms with Gasteiger partial charge in [0.15, 0.2) is 0 Å². The normalized spacial score (nSPS) is 11.0. The van der Waals surface area contributed by atoms with Crippen molar-refractivity contribution in [2.45, 2.75) is 0 Å². The summed E-state index contributed by atoms with van der Waals surface area (Å²) in [6, 6.07) is 20.7. The Hall–Kier alpha value is -3.19. The molecule has 0 aliphatic heterocycles. The highest BCUT2D eigenvalue weighted by atomic mass is 35.5. The number of thiophene rings is 1. The molecule has 3 aromatic carbocycles. The number of fused-ring (bicyclic) bond motifs is 1. The number of carbonyl (C=O) groups is 2. The van der Waals surface area contributed by atoms with Gasteiger partial charge in [0.25, 0.3) is 5.91 Å². The quantitative estimate of drug-likeness (QED) is 0.164. The van der Waals surface area contributed by atoms with Crippen molar-refractivity contribution in [2.75, 3.05) is 0 Å². The Morgan fingerprint density at radius 2 is 1.65 bits per heavy atom. The minimum atomic E-state index is -0.511. The van der Waals surface area contributed by atoms with Crippen molar-refractivity contribution in [3.8, 4) is 5.75 Å². The van der Waals surface area contributed by atoms with E-state index in [1.807, 2.05) is 24.3 Å². The number of amides is 1. The molecule has 1 N–H and O–H groups in total. The Kier molecular flexibility index (Phi) is 6.32. The van der Waals surface area contributed by atoms with Crippen molar-refractivity contribution in [3.05, 3.63) is 98.8 Å². The first-order chi connectivity index (χ1) is 15.0. The second-order valence-corrected chi connectivity index (χ2v) is 8.27. The average molecular weight is 469 g/mol. The first-order valence-corrected chi connectivity index (χ1v) is 10.7. The first-order valence-electron chi connectivity index (χ1n) is 9.09. The Balaban J connectivity index is 1.38.